The highest BCUT2D eigenvalue weighted by Crippen LogP contribution is 2.28. The van der Waals surface area contributed by atoms with E-state index in [0.29, 0.717) is 5.56 Å². The van der Waals surface area contributed by atoms with Gasteiger partial charge in [0, 0.05) is 0 Å². The van der Waals surface area contributed by atoms with Crippen LogP contribution in [0.4, 0.5) is 8.78 Å². The van der Waals surface area contributed by atoms with Crippen LogP contribution in [-0.2, 0) is 11.2 Å². The predicted octanol–water partition coefficient (Wildman–Crippen LogP) is 1.96. The van der Waals surface area contributed by atoms with Crippen LogP contribution < -0.4 is 4.74 Å². The van der Waals surface area contributed by atoms with Gasteiger partial charge in [0.05, 0.1) is 19.2 Å². The molecule has 0 atom stereocenters. The first-order valence-electron chi connectivity index (χ1n) is 4.50. The van der Waals surface area contributed by atoms with Crippen LogP contribution >= 0.6 is 0 Å². The fourth-order valence-electron chi connectivity index (χ4n) is 1.28. The highest BCUT2D eigenvalue weighted by molar-refractivity contribution is 5.70. The summed E-state index contributed by atoms with van der Waals surface area (Å²) in [6.07, 6.45) is -3.17. The van der Waals surface area contributed by atoms with Crippen LogP contribution in [0.25, 0.3) is 0 Å². The maximum absolute atomic E-state index is 12.6. The molecule has 0 saturated heterocycles. The van der Waals surface area contributed by atoms with Crippen molar-refractivity contribution in [2.24, 2.45) is 0 Å². The molecule has 0 radical (unpaired) electrons. The summed E-state index contributed by atoms with van der Waals surface area (Å²) in [5.74, 6) is -1.14. The second kappa shape index (κ2) is 4.87. The number of rotatable bonds is 4. The van der Waals surface area contributed by atoms with E-state index >= 15 is 0 Å². The summed E-state index contributed by atoms with van der Waals surface area (Å²) < 4.78 is 29.9. The lowest BCUT2D eigenvalue weighted by molar-refractivity contribution is -0.136. The standard InChI is InChI=1S/C10H11F2NO3/c1-5-3-7(16-2)9(10(11)12)13-6(5)4-8(14)15/h3,10H,4H2,1-2H3,(H,14,15). The molecule has 1 aromatic heterocycles. The highest BCUT2D eigenvalue weighted by atomic mass is 19.3. The molecule has 4 nitrogen and oxygen atoms in total. The van der Waals surface area contributed by atoms with E-state index in [0.717, 1.165) is 0 Å². The Labute approximate surface area is 90.9 Å². The van der Waals surface area contributed by atoms with Crippen molar-refractivity contribution in [3.05, 3.63) is 23.0 Å². The highest BCUT2D eigenvalue weighted by Gasteiger charge is 2.19. The van der Waals surface area contributed by atoms with Gasteiger partial charge in [-0.15, -0.1) is 0 Å². The number of ether oxygens (including phenoxy) is 1. The molecule has 0 saturated carbocycles. The number of methoxy groups -OCH3 is 1. The van der Waals surface area contributed by atoms with Crippen LogP contribution in [0.3, 0.4) is 0 Å². The van der Waals surface area contributed by atoms with Crippen LogP contribution in [0.2, 0.25) is 0 Å². The molecule has 88 valence electrons. The van der Waals surface area contributed by atoms with Crippen LogP contribution in [0.1, 0.15) is 23.4 Å². The molecule has 0 spiro atoms. The summed E-state index contributed by atoms with van der Waals surface area (Å²) in [6, 6.07) is 1.37. The van der Waals surface area contributed by atoms with Gasteiger partial charge in [0.1, 0.15) is 11.4 Å². The molecule has 16 heavy (non-hydrogen) atoms. The molecular formula is C10H11F2NO3. The zero-order chi connectivity index (χ0) is 12.3. The Bertz CT molecular complexity index is 407. The maximum atomic E-state index is 12.6. The zero-order valence-corrected chi connectivity index (χ0v) is 8.83. The van der Waals surface area contributed by atoms with E-state index in [1.807, 2.05) is 0 Å². The largest absolute Gasteiger partial charge is 0.495 e. The van der Waals surface area contributed by atoms with E-state index in [1.165, 1.54) is 13.2 Å². The van der Waals surface area contributed by atoms with Gasteiger partial charge in [0.2, 0.25) is 0 Å². The third-order valence-corrected chi connectivity index (χ3v) is 2.06. The van der Waals surface area contributed by atoms with Gasteiger partial charge < -0.3 is 9.84 Å². The van der Waals surface area contributed by atoms with E-state index in [9.17, 15) is 13.6 Å². The number of carboxylic acids is 1. The molecule has 1 rings (SSSR count). The lowest BCUT2D eigenvalue weighted by atomic mass is 10.1. The number of aryl methyl sites for hydroxylation is 1. The molecule has 1 aromatic rings. The summed E-state index contributed by atoms with van der Waals surface area (Å²) in [7, 11) is 1.26. The van der Waals surface area contributed by atoms with Gasteiger partial charge in [-0.25, -0.2) is 13.8 Å². The lowest BCUT2D eigenvalue weighted by Crippen LogP contribution is -2.08. The third kappa shape index (κ3) is 2.65. The van der Waals surface area contributed by atoms with Crippen molar-refractivity contribution in [3.63, 3.8) is 0 Å². The number of carboxylic acid groups (broad SMARTS) is 1. The van der Waals surface area contributed by atoms with Crippen molar-refractivity contribution in [1.82, 2.24) is 4.98 Å². The molecule has 0 aliphatic carbocycles. The van der Waals surface area contributed by atoms with Gasteiger partial charge in [-0.2, -0.15) is 0 Å². The van der Waals surface area contributed by atoms with E-state index < -0.39 is 18.1 Å². The van der Waals surface area contributed by atoms with Gasteiger partial charge in [-0.3, -0.25) is 4.79 Å². The number of carbonyl (C=O) groups is 1. The molecular weight excluding hydrogens is 220 g/mol. The molecule has 6 heteroatoms. The quantitative estimate of drug-likeness (QED) is 0.860. The summed E-state index contributed by atoms with van der Waals surface area (Å²) in [5, 5.41) is 8.59. The molecule has 0 aliphatic heterocycles. The molecule has 0 unspecified atom stereocenters. The van der Waals surface area contributed by atoms with Crippen molar-refractivity contribution in [3.8, 4) is 5.75 Å². The minimum atomic E-state index is -2.79. The van der Waals surface area contributed by atoms with Crippen molar-refractivity contribution in [2.45, 2.75) is 19.8 Å². The first kappa shape index (κ1) is 12.4. The predicted molar refractivity (Wildman–Crippen MR) is 51.8 cm³/mol. The summed E-state index contributed by atoms with van der Waals surface area (Å²) in [5.41, 5.74) is 0.122. The van der Waals surface area contributed by atoms with Gasteiger partial charge >= 0.3 is 5.97 Å². The smallest absolute Gasteiger partial charge is 0.309 e. The lowest BCUT2D eigenvalue weighted by Gasteiger charge is -2.10. The Morgan fingerprint density at radius 3 is 2.69 bits per heavy atom. The molecule has 0 aliphatic rings. The van der Waals surface area contributed by atoms with Crippen LogP contribution in [-0.4, -0.2) is 23.2 Å². The normalized spacial score (nSPS) is 10.6. The maximum Gasteiger partial charge on any atom is 0.309 e. The average Bonchev–Trinajstić information content (AvgIpc) is 2.19. The minimum Gasteiger partial charge on any atom is -0.495 e. The van der Waals surface area contributed by atoms with Crippen LogP contribution in [0.15, 0.2) is 6.07 Å². The van der Waals surface area contributed by atoms with Crippen molar-refractivity contribution < 1.29 is 23.4 Å². The second-order valence-electron chi connectivity index (χ2n) is 3.21. The van der Waals surface area contributed by atoms with E-state index in [1.54, 1.807) is 6.92 Å². The zero-order valence-electron chi connectivity index (χ0n) is 8.83. The molecule has 0 amide bonds. The summed E-state index contributed by atoms with van der Waals surface area (Å²) in [4.78, 5) is 14.1. The second-order valence-corrected chi connectivity index (χ2v) is 3.21. The summed E-state index contributed by atoms with van der Waals surface area (Å²) in [6.45, 7) is 1.60. The first-order chi connectivity index (χ1) is 7.45. The van der Waals surface area contributed by atoms with Crippen molar-refractivity contribution >= 4 is 5.97 Å². The summed E-state index contributed by atoms with van der Waals surface area (Å²) >= 11 is 0. The Morgan fingerprint density at radius 1 is 1.62 bits per heavy atom. The number of pyridine rings is 1. The van der Waals surface area contributed by atoms with E-state index in [4.69, 9.17) is 9.84 Å². The molecule has 1 heterocycles. The number of hydrogen-bond donors (Lipinski definition) is 1. The minimum absolute atomic E-state index is 0.0263. The molecule has 1 N–H and O–H groups in total. The fourth-order valence-corrected chi connectivity index (χ4v) is 1.28. The SMILES string of the molecule is COc1cc(C)c(CC(=O)O)nc1C(F)F. The van der Waals surface area contributed by atoms with E-state index in [2.05, 4.69) is 4.98 Å². The topological polar surface area (TPSA) is 59.4 Å². The number of aliphatic carboxylic acids is 1. The number of hydrogen-bond acceptors (Lipinski definition) is 3. The monoisotopic (exact) mass is 231 g/mol. The van der Waals surface area contributed by atoms with Crippen LogP contribution in [0, 0.1) is 6.92 Å². The van der Waals surface area contributed by atoms with Crippen LogP contribution in [0.5, 0.6) is 5.75 Å². The van der Waals surface area contributed by atoms with Gasteiger partial charge in [-0.05, 0) is 18.6 Å². The molecule has 0 bridgehead atoms. The Balaban J connectivity index is 3.21. The number of halogens is 2. The third-order valence-electron chi connectivity index (χ3n) is 2.06. The fraction of sp³-hybridized carbons (Fsp3) is 0.400. The Kier molecular flexibility index (Phi) is 3.76. The molecule has 0 fully saturated rings. The Hall–Kier alpha value is -1.72. The van der Waals surface area contributed by atoms with E-state index in [-0.39, 0.29) is 17.9 Å². The number of nitrogens with zero attached hydrogens (tertiary/aromatic N) is 1. The van der Waals surface area contributed by atoms with Crippen molar-refractivity contribution in [2.75, 3.05) is 7.11 Å². The van der Waals surface area contributed by atoms with Gasteiger partial charge in [0.15, 0.2) is 0 Å². The van der Waals surface area contributed by atoms with Gasteiger partial charge in [-0.1, -0.05) is 0 Å². The van der Waals surface area contributed by atoms with Gasteiger partial charge in [0.25, 0.3) is 6.43 Å². The average molecular weight is 231 g/mol. The first-order valence-corrected chi connectivity index (χ1v) is 4.50. The molecule has 0 aromatic carbocycles. The Morgan fingerprint density at radius 2 is 2.25 bits per heavy atom. The number of aromatic nitrogens is 1. The van der Waals surface area contributed by atoms with Crippen molar-refractivity contribution in [1.29, 1.82) is 0 Å². The number of alkyl halides is 2.